The maximum atomic E-state index is 12.9. The summed E-state index contributed by atoms with van der Waals surface area (Å²) in [6, 6.07) is -1.16. The molecule has 6 N–H and O–H groups in total. The molecule has 0 bridgehead atoms. The van der Waals surface area contributed by atoms with E-state index in [4.69, 9.17) is 5.73 Å². The molecule has 6 atom stereocenters. The Kier molecular flexibility index (Phi) is 16.0. The number of hydrogen-bond donors (Lipinski definition) is 6. The van der Waals surface area contributed by atoms with Crippen LogP contribution in [0.15, 0.2) is 0 Å². The molecule has 0 saturated heterocycles. The third-order valence-corrected chi connectivity index (χ3v) is 6.60. The minimum atomic E-state index is -0.991. The van der Waals surface area contributed by atoms with E-state index in [0.717, 1.165) is 12.8 Å². The fraction of sp³-hybridized carbons (Fsp3) is 0.900. The number of hydrogen-bond acceptors (Lipinski definition) is 7. The Morgan fingerprint density at radius 1 is 1.10 bits per heavy atom. The molecular formula is C20H42N4O3S2. The first kappa shape index (κ1) is 28.5. The van der Waals surface area contributed by atoms with Crippen LogP contribution in [-0.4, -0.2) is 72.0 Å². The van der Waals surface area contributed by atoms with E-state index in [1.54, 1.807) is 11.8 Å². The minimum Gasteiger partial charge on any atom is -0.480 e. The molecule has 7 nitrogen and oxygen atoms in total. The molecule has 0 fully saturated rings. The lowest BCUT2D eigenvalue weighted by molar-refractivity contribution is -0.142. The normalized spacial score (nSPS) is 17.8. The van der Waals surface area contributed by atoms with Gasteiger partial charge in [0.1, 0.15) is 6.04 Å². The van der Waals surface area contributed by atoms with E-state index in [2.05, 4.69) is 42.4 Å². The summed E-state index contributed by atoms with van der Waals surface area (Å²) in [4.78, 5) is 24.4. The van der Waals surface area contributed by atoms with E-state index >= 15 is 0 Å². The highest BCUT2D eigenvalue weighted by Gasteiger charge is 2.29. The van der Waals surface area contributed by atoms with Crippen LogP contribution in [0, 0.1) is 11.8 Å². The van der Waals surface area contributed by atoms with Gasteiger partial charge in [-0.05, 0) is 30.3 Å². The fourth-order valence-electron chi connectivity index (χ4n) is 2.92. The van der Waals surface area contributed by atoms with Crippen molar-refractivity contribution in [2.45, 2.75) is 71.1 Å². The van der Waals surface area contributed by atoms with E-state index < -0.39 is 18.1 Å². The molecule has 0 aromatic carbocycles. The lowest BCUT2D eigenvalue weighted by Gasteiger charge is -2.30. The van der Waals surface area contributed by atoms with Gasteiger partial charge in [0.25, 0.3) is 0 Å². The van der Waals surface area contributed by atoms with Crippen molar-refractivity contribution in [3.05, 3.63) is 0 Å². The van der Waals surface area contributed by atoms with Crippen molar-refractivity contribution in [2.24, 2.45) is 17.6 Å². The van der Waals surface area contributed by atoms with Gasteiger partial charge in [-0.25, -0.2) is 4.79 Å². The minimum absolute atomic E-state index is 0.0219. The Balaban J connectivity index is 5.09. The molecule has 0 aliphatic rings. The summed E-state index contributed by atoms with van der Waals surface area (Å²) in [6.07, 6.45) is 4.16. The zero-order valence-electron chi connectivity index (χ0n) is 18.6. The topological polar surface area (TPSA) is 116 Å². The molecule has 0 aliphatic heterocycles. The molecule has 0 radical (unpaired) electrons. The molecule has 172 valence electrons. The van der Waals surface area contributed by atoms with Crippen molar-refractivity contribution in [3.8, 4) is 0 Å². The highest BCUT2D eigenvalue weighted by Crippen LogP contribution is 2.12. The number of carboxylic acid groups (broad SMARTS) is 1. The molecule has 1 amide bonds. The largest absolute Gasteiger partial charge is 0.480 e. The standard InChI is InChI=1S/C20H42N4O3S2/c1-6-13(3)17(22-10-15(21)12-28)11-23-18(14(4)7-2)19(25)24-16(20(26)27)8-9-29-5/h13-18,22-23,28H,6-12,21H2,1-5H3,(H,24,25)(H,26,27)/t13-,14+,15-,16+,17-,18+/m1/s1. The van der Waals surface area contributed by atoms with Crippen molar-refractivity contribution in [1.82, 2.24) is 16.0 Å². The van der Waals surface area contributed by atoms with E-state index in [1.807, 2.05) is 20.1 Å². The number of thiol groups is 1. The number of rotatable bonds is 17. The van der Waals surface area contributed by atoms with Crippen LogP contribution in [0.5, 0.6) is 0 Å². The van der Waals surface area contributed by atoms with Crippen LogP contribution in [0.3, 0.4) is 0 Å². The summed E-state index contributed by atoms with van der Waals surface area (Å²) in [7, 11) is 0. The molecule has 0 aromatic rings. The van der Waals surface area contributed by atoms with Gasteiger partial charge in [0, 0.05) is 30.9 Å². The molecule has 0 aliphatic carbocycles. The number of aliphatic carboxylic acids is 1. The van der Waals surface area contributed by atoms with E-state index in [-0.39, 0.29) is 23.9 Å². The first-order chi connectivity index (χ1) is 13.7. The van der Waals surface area contributed by atoms with E-state index in [1.165, 1.54) is 0 Å². The van der Waals surface area contributed by atoms with Gasteiger partial charge in [0.15, 0.2) is 0 Å². The van der Waals surface area contributed by atoms with Gasteiger partial charge in [-0.2, -0.15) is 24.4 Å². The number of amides is 1. The number of carboxylic acids is 1. The average Bonchev–Trinajstić information content (AvgIpc) is 2.71. The molecular weight excluding hydrogens is 408 g/mol. The quantitative estimate of drug-likeness (QED) is 0.186. The lowest BCUT2D eigenvalue weighted by Crippen LogP contribution is -2.56. The summed E-state index contributed by atoms with van der Waals surface area (Å²) in [6.45, 7) is 9.63. The summed E-state index contributed by atoms with van der Waals surface area (Å²) in [5, 5.41) is 19.0. The summed E-state index contributed by atoms with van der Waals surface area (Å²) >= 11 is 5.80. The summed E-state index contributed by atoms with van der Waals surface area (Å²) in [5.41, 5.74) is 5.98. The van der Waals surface area contributed by atoms with Crippen molar-refractivity contribution in [1.29, 1.82) is 0 Å². The van der Waals surface area contributed by atoms with Crippen molar-refractivity contribution in [2.75, 3.05) is 30.9 Å². The zero-order valence-corrected chi connectivity index (χ0v) is 20.3. The third-order valence-electron chi connectivity index (χ3n) is 5.49. The highest BCUT2D eigenvalue weighted by atomic mass is 32.2. The van der Waals surface area contributed by atoms with Crippen LogP contribution in [0.25, 0.3) is 0 Å². The van der Waals surface area contributed by atoms with Crippen LogP contribution < -0.4 is 21.7 Å². The van der Waals surface area contributed by atoms with Gasteiger partial charge in [-0.1, -0.05) is 40.5 Å². The van der Waals surface area contributed by atoms with Gasteiger partial charge in [-0.3, -0.25) is 4.79 Å². The Hall–Kier alpha value is -0.480. The SMILES string of the molecule is CC[C@@H](C)[C@@H](CN[C@H](C(=O)N[C@@H](CCSC)C(=O)O)[C@@H](C)CC)NC[C@@H](N)CS. The number of carbonyl (C=O) groups is 2. The fourth-order valence-corrected chi connectivity index (χ4v) is 3.52. The van der Waals surface area contributed by atoms with Crippen LogP contribution >= 0.6 is 24.4 Å². The number of nitrogens with one attached hydrogen (secondary N) is 3. The Labute approximate surface area is 186 Å². The van der Waals surface area contributed by atoms with Crippen molar-refractivity contribution >= 4 is 36.3 Å². The molecule has 9 heteroatoms. The molecule has 0 saturated carbocycles. The molecule has 0 aromatic heterocycles. The second-order valence-corrected chi connectivity index (χ2v) is 9.15. The first-order valence-electron chi connectivity index (χ1n) is 10.6. The number of thioether (sulfide) groups is 1. The Morgan fingerprint density at radius 3 is 2.21 bits per heavy atom. The Morgan fingerprint density at radius 2 is 1.72 bits per heavy atom. The van der Waals surface area contributed by atoms with Gasteiger partial charge >= 0.3 is 5.97 Å². The number of carbonyl (C=O) groups excluding carboxylic acids is 1. The third kappa shape index (κ3) is 11.5. The predicted octanol–water partition coefficient (Wildman–Crippen LogP) is 1.57. The molecule has 0 spiro atoms. The van der Waals surface area contributed by atoms with E-state index in [9.17, 15) is 14.7 Å². The summed E-state index contributed by atoms with van der Waals surface area (Å²) in [5.74, 6) is 0.548. The lowest BCUT2D eigenvalue weighted by atomic mass is 9.95. The van der Waals surface area contributed by atoms with Crippen LogP contribution in [-0.2, 0) is 9.59 Å². The molecule has 0 heterocycles. The van der Waals surface area contributed by atoms with Gasteiger partial charge < -0.3 is 26.8 Å². The molecule has 29 heavy (non-hydrogen) atoms. The van der Waals surface area contributed by atoms with Crippen LogP contribution in [0.4, 0.5) is 0 Å². The van der Waals surface area contributed by atoms with E-state index in [0.29, 0.717) is 36.9 Å². The highest BCUT2D eigenvalue weighted by molar-refractivity contribution is 7.98. The number of nitrogens with two attached hydrogens (primary N) is 1. The maximum Gasteiger partial charge on any atom is 0.326 e. The van der Waals surface area contributed by atoms with Gasteiger partial charge in [-0.15, -0.1) is 0 Å². The van der Waals surface area contributed by atoms with Crippen LogP contribution in [0.2, 0.25) is 0 Å². The Bertz CT molecular complexity index is 471. The van der Waals surface area contributed by atoms with Crippen LogP contribution in [0.1, 0.15) is 47.0 Å². The van der Waals surface area contributed by atoms with Gasteiger partial charge in [0.2, 0.25) is 5.91 Å². The zero-order chi connectivity index (χ0) is 22.4. The average molecular weight is 451 g/mol. The summed E-state index contributed by atoms with van der Waals surface area (Å²) < 4.78 is 0. The smallest absolute Gasteiger partial charge is 0.326 e. The monoisotopic (exact) mass is 450 g/mol. The second kappa shape index (κ2) is 16.2. The second-order valence-electron chi connectivity index (χ2n) is 7.80. The molecule has 0 rings (SSSR count). The van der Waals surface area contributed by atoms with Crippen molar-refractivity contribution in [3.63, 3.8) is 0 Å². The predicted molar refractivity (Wildman–Crippen MR) is 127 cm³/mol. The van der Waals surface area contributed by atoms with Gasteiger partial charge in [0.05, 0.1) is 6.04 Å². The maximum absolute atomic E-state index is 12.9. The van der Waals surface area contributed by atoms with Crippen molar-refractivity contribution < 1.29 is 14.7 Å². The first-order valence-corrected chi connectivity index (χ1v) is 12.6. The molecule has 0 unspecified atom stereocenters.